The molecule has 1 unspecified atom stereocenters. The molecule has 0 bridgehead atoms. The van der Waals surface area contributed by atoms with E-state index in [1.807, 2.05) is 35.0 Å². The summed E-state index contributed by atoms with van der Waals surface area (Å²) in [4.78, 5) is 27.4. The average molecular weight is 348 g/mol. The van der Waals surface area contributed by atoms with Crippen molar-refractivity contribution in [2.24, 2.45) is 5.92 Å². The maximum absolute atomic E-state index is 12.7. The Morgan fingerprint density at radius 2 is 1.92 bits per heavy atom. The van der Waals surface area contributed by atoms with Gasteiger partial charge in [0, 0.05) is 49.3 Å². The van der Waals surface area contributed by atoms with Gasteiger partial charge in [0.05, 0.1) is 12.2 Å². The largest absolute Gasteiger partial charge is 0.340 e. The number of nitrogens with zero attached hydrogens (tertiary/aromatic N) is 5. The van der Waals surface area contributed by atoms with Gasteiger partial charge in [-0.2, -0.15) is 0 Å². The van der Waals surface area contributed by atoms with Crippen LogP contribution in [0.3, 0.4) is 0 Å². The molecule has 0 spiro atoms. The number of rotatable bonds is 4. The first-order valence-electron chi connectivity index (χ1n) is 8.71. The fraction of sp³-hybridized carbons (Fsp3) is 0.263. The van der Waals surface area contributed by atoms with Crippen LogP contribution in [0.4, 0.5) is 11.6 Å². The van der Waals surface area contributed by atoms with Gasteiger partial charge >= 0.3 is 0 Å². The summed E-state index contributed by atoms with van der Waals surface area (Å²) in [5.74, 6) is 0.663. The molecule has 2 aromatic heterocycles. The van der Waals surface area contributed by atoms with Crippen LogP contribution < -0.4 is 10.2 Å². The maximum atomic E-state index is 12.7. The van der Waals surface area contributed by atoms with Gasteiger partial charge in [0.25, 0.3) is 0 Å². The van der Waals surface area contributed by atoms with Crippen LogP contribution in [0.25, 0.3) is 5.69 Å². The van der Waals surface area contributed by atoms with Crippen LogP contribution in [0, 0.1) is 5.92 Å². The highest BCUT2D eigenvalue weighted by atomic mass is 16.1. The number of carbonyl (C=O) groups is 1. The minimum Gasteiger partial charge on any atom is -0.340 e. The van der Waals surface area contributed by atoms with E-state index < -0.39 is 0 Å². The molecule has 7 heteroatoms. The monoisotopic (exact) mass is 348 g/mol. The van der Waals surface area contributed by atoms with E-state index in [0.29, 0.717) is 12.5 Å². The molecule has 1 amide bonds. The Morgan fingerprint density at radius 1 is 1.12 bits per heavy atom. The van der Waals surface area contributed by atoms with E-state index in [9.17, 15) is 4.79 Å². The summed E-state index contributed by atoms with van der Waals surface area (Å²) in [6, 6.07) is 9.54. The van der Waals surface area contributed by atoms with Crippen molar-refractivity contribution in [1.29, 1.82) is 0 Å². The van der Waals surface area contributed by atoms with Gasteiger partial charge in [-0.3, -0.25) is 4.79 Å². The van der Waals surface area contributed by atoms with Crippen molar-refractivity contribution in [3.05, 3.63) is 61.4 Å². The van der Waals surface area contributed by atoms with Gasteiger partial charge in [0.1, 0.15) is 0 Å². The second kappa shape index (κ2) is 7.35. The van der Waals surface area contributed by atoms with E-state index in [0.717, 1.165) is 30.8 Å². The molecule has 1 fully saturated rings. The molecule has 1 saturated heterocycles. The molecule has 1 atom stereocenters. The highest BCUT2D eigenvalue weighted by Crippen LogP contribution is 2.22. The minimum atomic E-state index is -0.0686. The predicted octanol–water partition coefficient (Wildman–Crippen LogP) is 2.52. The van der Waals surface area contributed by atoms with E-state index in [4.69, 9.17) is 0 Å². The van der Waals surface area contributed by atoms with Crippen LogP contribution >= 0.6 is 0 Å². The van der Waals surface area contributed by atoms with Gasteiger partial charge < -0.3 is 14.8 Å². The maximum Gasteiger partial charge on any atom is 0.229 e. The molecule has 4 rings (SSSR count). The van der Waals surface area contributed by atoms with Gasteiger partial charge in [-0.05, 0) is 43.2 Å². The summed E-state index contributed by atoms with van der Waals surface area (Å²) in [5.41, 5.74) is 1.80. The van der Waals surface area contributed by atoms with Crippen LogP contribution in [0.2, 0.25) is 0 Å². The van der Waals surface area contributed by atoms with Crippen molar-refractivity contribution in [3.63, 3.8) is 0 Å². The lowest BCUT2D eigenvalue weighted by atomic mass is 9.97. The molecule has 1 N–H and O–H groups in total. The summed E-state index contributed by atoms with van der Waals surface area (Å²) in [6.45, 7) is 1.52. The first-order valence-corrected chi connectivity index (χ1v) is 8.71. The normalized spacial score (nSPS) is 17.1. The van der Waals surface area contributed by atoms with Crippen LogP contribution in [0.1, 0.15) is 12.8 Å². The SMILES string of the molecule is O=C(Nc1ccc(-n2ccnc2)cc1)C1CCCN(c2ncccn2)C1. The van der Waals surface area contributed by atoms with Crippen molar-refractivity contribution < 1.29 is 4.79 Å². The lowest BCUT2D eigenvalue weighted by molar-refractivity contribution is -0.120. The second-order valence-electron chi connectivity index (χ2n) is 6.34. The van der Waals surface area contributed by atoms with E-state index in [1.165, 1.54) is 0 Å². The Balaban J connectivity index is 1.40. The molecule has 0 radical (unpaired) electrons. The molecule has 0 aliphatic carbocycles. The molecular weight excluding hydrogens is 328 g/mol. The number of carbonyl (C=O) groups excluding carboxylic acids is 1. The number of anilines is 2. The van der Waals surface area contributed by atoms with Crippen molar-refractivity contribution in [2.45, 2.75) is 12.8 Å². The predicted molar refractivity (Wildman–Crippen MR) is 99.2 cm³/mol. The number of hydrogen-bond donors (Lipinski definition) is 1. The van der Waals surface area contributed by atoms with E-state index in [-0.39, 0.29) is 11.8 Å². The number of nitrogens with one attached hydrogen (secondary N) is 1. The fourth-order valence-corrected chi connectivity index (χ4v) is 3.20. The van der Waals surface area contributed by atoms with Gasteiger partial charge in [0.15, 0.2) is 0 Å². The Morgan fingerprint density at radius 3 is 2.65 bits per heavy atom. The number of piperidine rings is 1. The minimum absolute atomic E-state index is 0.0426. The Labute approximate surface area is 151 Å². The van der Waals surface area contributed by atoms with Crippen molar-refractivity contribution in [3.8, 4) is 5.69 Å². The number of imidazole rings is 1. The molecule has 1 aromatic carbocycles. The standard InChI is InChI=1S/C19H20N6O/c26-18(15-3-1-11-24(13-15)19-21-8-2-9-22-19)23-16-4-6-17(7-5-16)25-12-10-20-14-25/h2,4-10,12,14-15H,1,3,11,13H2,(H,23,26). The lowest BCUT2D eigenvalue weighted by Crippen LogP contribution is -2.41. The fourth-order valence-electron chi connectivity index (χ4n) is 3.20. The van der Waals surface area contributed by atoms with Crippen molar-refractivity contribution in [2.75, 3.05) is 23.3 Å². The summed E-state index contributed by atoms with van der Waals surface area (Å²) < 4.78 is 1.92. The van der Waals surface area contributed by atoms with Crippen LogP contribution in [0.15, 0.2) is 61.4 Å². The van der Waals surface area contributed by atoms with Crippen molar-refractivity contribution >= 4 is 17.5 Å². The molecule has 3 aromatic rings. The molecule has 132 valence electrons. The van der Waals surface area contributed by atoms with E-state index in [2.05, 4.69) is 25.2 Å². The molecule has 0 saturated carbocycles. The third-order valence-corrected chi connectivity index (χ3v) is 4.56. The van der Waals surface area contributed by atoms with Crippen LogP contribution in [-0.2, 0) is 4.79 Å². The van der Waals surface area contributed by atoms with Crippen molar-refractivity contribution in [1.82, 2.24) is 19.5 Å². The molecular formula is C19H20N6O. The number of hydrogen-bond acceptors (Lipinski definition) is 5. The first kappa shape index (κ1) is 16.3. The van der Waals surface area contributed by atoms with E-state index in [1.54, 1.807) is 31.0 Å². The summed E-state index contributed by atoms with van der Waals surface area (Å²) in [7, 11) is 0. The molecule has 3 heterocycles. The third kappa shape index (κ3) is 3.56. The number of amides is 1. The second-order valence-corrected chi connectivity index (χ2v) is 6.34. The van der Waals surface area contributed by atoms with Crippen LogP contribution in [-0.4, -0.2) is 38.5 Å². The molecule has 7 nitrogen and oxygen atoms in total. The lowest BCUT2D eigenvalue weighted by Gasteiger charge is -2.31. The van der Waals surface area contributed by atoms with Gasteiger partial charge in [-0.1, -0.05) is 0 Å². The van der Waals surface area contributed by atoms with E-state index >= 15 is 0 Å². The molecule has 1 aliphatic heterocycles. The summed E-state index contributed by atoms with van der Waals surface area (Å²) in [6.07, 6.45) is 10.7. The Bertz CT molecular complexity index is 848. The summed E-state index contributed by atoms with van der Waals surface area (Å²) >= 11 is 0. The quantitative estimate of drug-likeness (QED) is 0.784. The van der Waals surface area contributed by atoms with Gasteiger partial charge in [-0.15, -0.1) is 0 Å². The highest BCUT2D eigenvalue weighted by Gasteiger charge is 2.27. The zero-order chi connectivity index (χ0) is 17.8. The number of aromatic nitrogens is 4. The average Bonchev–Trinajstić information content (AvgIpc) is 3.24. The van der Waals surface area contributed by atoms with Crippen LogP contribution in [0.5, 0.6) is 0 Å². The zero-order valence-electron chi connectivity index (χ0n) is 14.3. The van der Waals surface area contributed by atoms with Gasteiger partial charge in [0.2, 0.25) is 11.9 Å². The topological polar surface area (TPSA) is 75.9 Å². The first-order chi connectivity index (χ1) is 12.8. The Hall–Kier alpha value is -3.22. The smallest absolute Gasteiger partial charge is 0.229 e. The third-order valence-electron chi connectivity index (χ3n) is 4.56. The Kier molecular flexibility index (Phi) is 4.59. The zero-order valence-corrected chi connectivity index (χ0v) is 14.3. The summed E-state index contributed by atoms with van der Waals surface area (Å²) in [5, 5.41) is 3.02. The molecule has 26 heavy (non-hydrogen) atoms. The molecule has 1 aliphatic rings. The van der Waals surface area contributed by atoms with Gasteiger partial charge in [-0.25, -0.2) is 15.0 Å². The highest BCUT2D eigenvalue weighted by molar-refractivity contribution is 5.93. The number of benzene rings is 1.